The van der Waals surface area contributed by atoms with Crippen LogP contribution in [0.25, 0.3) is 0 Å². The topological polar surface area (TPSA) is 79.9 Å². The second-order valence-corrected chi connectivity index (χ2v) is 9.37. The Kier molecular flexibility index (Phi) is 6.29. The minimum absolute atomic E-state index is 0.0990. The summed E-state index contributed by atoms with van der Waals surface area (Å²) >= 11 is 7.08. The Bertz CT molecular complexity index is 942. The van der Waals surface area contributed by atoms with Gasteiger partial charge in [-0.3, -0.25) is 10.1 Å². The number of hydrogen-bond donors (Lipinski definition) is 2. The Morgan fingerprint density at radius 3 is 2.70 bits per heavy atom. The number of anilines is 1. The number of ether oxygens (including phenoxy) is 2. The van der Waals surface area contributed by atoms with Gasteiger partial charge in [-0.05, 0) is 55.3 Å². The molecule has 3 heterocycles. The van der Waals surface area contributed by atoms with Gasteiger partial charge in [0.05, 0.1) is 15.8 Å². The highest BCUT2D eigenvalue weighted by atomic mass is 35.5. The van der Waals surface area contributed by atoms with Crippen molar-refractivity contribution in [1.82, 2.24) is 10.2 Å². The molecule has 2 N–H and O–H groups in total. The van der Waals surface area contributed by atoms with Gasteiger partial charge in [-0.2, -0.15) is 0 Å². The van der Waals surface area contributed by atoms with E-state index in [9.17, 15) is 9.59 Å². The van der Waals surface area contributed by atoms with Crippen LogP contribution in [0.15, 0.2) is 30.3 Å². The Morgan fingerprint density at radius 1 is 1.20 bits per heavy atom. The molecule has 1 atom stereocenters. The van der Waals surface area contributed by atoms with Crippen molar-refractivity contribution in [3.63, 3.8) is 0 Å². The van der Waals surface area contributed by atoms with E-state index in [-0.39, 0.29) is 12.5 Å². The summed E-state index contributed by atoms with van der Waals surface area (Å²) in [7, 11) is 2.12. The van der Waals surface area contributed by atoms with Crippen LogP contribution in [0, 0.1) is 0 Å². The molecule has 1 unspecified atom stereocenters. The van der Waals surface area contributed by atoms with Gasteiger partial charge in [0.15, 0.2) is 0 Å². The summed E-state index contributed by atoms with van der Waals surface area (Å²) in [6, 6.07) is 9.23. The molecule has 1 aromatic heterocycles. The molecule has 0 aliphatic carbocycles. The molecule has 0 spiro atoms. The number of hydrogen-bond acceptors (Lipinski definition) is 6. The van der Waals surface area contributed by atoms with E-state index in [0.717, 1.165) is 25.9 Å². The van der Waals surface area contributed by atoms with Gasteiger partial charge in [0, 0.05) is 25.2 Å². The lowest BCUT2D eigenvalue weighted by Gasteiger charge is -2.28. The number of rotatable bonds is 4. The van der Waals surface area contributed by atoms with Gasteiger partial charge in [-0.25, -0.2) is 4.79 Å². The summed E-state index contributed by atoms with van der Waals surface area (Å²) in [6.07, 6.45) is 1.68. The third-order valence-electron chi connectivity index (χ3n) is 5.39. The molecule has 2 amide bonds. The van der Waals surface area contributed by atoms with E-state index >= 15 is 0 Å². The first-order valence-corrected chi connectivity index (χ1v) is 11.1. The molecule has 2 aliphatic rings. The first-order chi connectivity index (χ1) is 14.4. The summed E-state index contributed by atoms with van der Waals surface area (Å²) < 4.78 is 11.6. The zero-order valence-electron chi connectivity index (χ0n) is 16.7. The van der Waals surface area contributed by atoms with Crippen LogP contribution in [0.2, 0.25) is 4.34 Å². The van der Waals surface area contributed by atoms with Gasteiger partial charge in [0.1, 0.15) is 6.61 Å². The maximum absolute atomic E-state index is 12.6. The second kappa shape index (κ2) is 8.93. The molecule has 4 rings (SSSR count). The Hall–Kier alpha value is -2.13. The minimum Gasteiger partial charge on any atom is -0.420 e. The predicted molar refractivity (Wildman–Crippen MR) is 116 cm³/mol. The summed E-state index contributed by atoms with van der Waals surface area (Å²) in [5.74, 6) is -0.348. The SMILES string of the molecule is CN1CCc2ccc(NC(=O)OC3(NC(=O)c4ccc(Cl)s4)CCOC3)cc2CC1. The Balaban J connectivity index is 1.42. The van der Waals surface area contributed by atoms with Crippen LogP contribution in [0.3, 0.4) is 0 Å². The molecule has 30 heavy (non-hydrogen) atoms. The molecule has 1 saturated heterocycles. The van der Waals surface area contributed by atoms with Gasteiger partial charge in [-0.1, -0.05) is 17.7 Å². The van der Waals surface area contributed by atoms with Crippen LogP contribution in [0.1, 0.15) is 27.2 Å². The van der Waals surface area contributed by atoms with E-state index < -0.39 is 11.8 Å². The molecule has 2 aromatic rings. The van der Waals surface area contributed by atoms with E-state index in [1.54, 1.807) is 12.1 Å². The standard InChI is InChI=1S/C21H24ClN3O4S/c1-25-9-6-14-2-3-16(12-15(14)7-10-25)23-20(27)29-21(8-11-28-13-21)24-19(26)17-4-5-18(22)30-17/h2-5,12H,6-11,13H2,1H3,(H,23,27)(H,24,26). The van der Waals surface area contributed by atoms with Crippen LogP contribution >= 0.6 is 22.9 Å². The highest BCUT2D eigenvalue weighted by Crippen LogP contribution is 2.26. The number of carbonyl (C=O) groups is 2. The molecular formula is C21H24ClN3O4S. The highest BCUT2D eigenvalue weighted by Gasteiger charge is 2.41. The zero-order valence-corrected chi connectivity index (χ0v) is 18.3. The number of nitrogens with one attached hydrogen (secondary N) is 2. The van der Waals surface area contributed by atoms with E-state index in [0.29, 0.717) is 27.9 Å². The molecule has 0 bridgehead atoms. The van der Waals surface area contributed by atoms with Gasteiger partial charge in [0.2, 0.25) is 5.72 Å². The molecule has 9 heteroatoms. The van der Waals surface area contributed by atoms with E-state index in [4.69, 9.17) is 21.1 Å². The average molecular weight is 450 g/mol. The summed E-state index contributed by atoms with van der Waals surface area (Å²) in [5.41, 5.74) is 2.01. The molecule has 2 aliphatic heterocycles. The third-order valence-corrected chi connectivity index (χ3v) is 6.62. The lowest BCUT2D eigenvalue weighted by Crippen LogP contribution is -2.52. The quantitative estimate of drug-likeness (QED) is 0.698. The van der Waals surface area contributed by atoms with Gasteiger partial charge in [-0.15, -0.1) is 11.3 Å². The van der Waals surface area contributed by atoms with Crippen molar-refractivity contribution in [1.29, 1.82) is 0 Å². The van der Waals surface area contributed by atoms with E-state index in [2.05, 4.69) is 28.6 Å². The fourth-order valence-electron chi connectivity index (χ4n) is 3.69. The number of benzene rings is 1. The molecular weight excluding hydrogens is 426 g/mol. The monoisotopic (exact) mass is 449 g/mol. The van der Waals surface area contributed by atoms with Crippen molar-refractivity contribution in [2.75, 3.05) is 38.7 Å². The van der Waals surface area contributed by atoms with E-state index in [1.165, 1.54) is 22.5 Å². The normalized spacial score (nSPS) is 21.5. The van der Waals surface area contributed by atoms with Gasteiger partial charge < -0.3 is 19.7 Å². The largest absolute Gasteiger partial charge is 0.420 e. The van der Waals surface area contributed by atoms with Crippen molar-refractivity contribution < 1.29 is 19.1 Å². The summed E-state index contributed by atoms with van der Waals surface area (Å²) in [6.45, 7) is 2.51. The smallest absolute Gasteiger partial charge is 0.413 e. The van der Waals surface area contributed by atoms with Crippen LogP contribution in [-0.4, -0.2) is 56.0 Å². The van der Waals surface area contributed by atoms with Crippen LogP contribution in [-0.2, 0) is 22.3 Å². The van der Waals surface area contributed by atoms with Crippen molar-refractivity contribution >= 4 is 40.6 Å². The fraction of sp³-hybridized carbons (Fsp3) is 0.429. The lowest BCUT2D eigenvalue weighted by molar-refractivity contribution is -0.0113. The zero-order chi connectivity index (χ0) is 21.1. The maximum Gasteiger partial charge on any atom is 0.413 e. The molecule has 0 saturated carbocycles. The number of halogens is 1. The summed E-state index contributed by atoms with van der Waals surface area (Å²) in [4.78, 5) is 27.9. The fourth-order valence-corrected chi connectivity index (χ4v) is 4.63. The van der Waals surface area contributed by atoms with Gasteiger partial charge in [0.25, 0.3) is 5.91 Å². The molecule has 160 valence electrons. The number of carbonyl (C=O) groups excluding carboxylic acids is 2. The van der Waals surface area contributed by atoms with Crippen molar-refractivity contribution in [2.45, 2.75) is 25.0 Å². The van der Waals surface area contributed by atoms with E-state index in [1.807, 2.05) is 12.1 Å². The summed E-state index contributed by atoms with van der Waals surface area (Å²) in [5, 5.41) is 5.59. The number of amides is 2. The number of thiophene rings is 1. The number of nitrogens with zero attached hydrogens (tertiary/aromatic N) is 1. The first-order valence-electron chi connectivity index (χ1n) is 9.88. The lowest BCUT2D eigenvalue weighted by atomic mass is 10.0. The first kappa shape index (κ1) is 21.1. The molecule has 7 nitrogen and oxygen atoms in total. The molecule has 0 radical (unpaired) electrons. The molecule has 1 fully saturated rings. The highest BCUT2D eigenvalue weighted by molar-refractivity contribution is 7.18. The van der Waals surface area contributed by atoms with Crippen molar-refractivity contribution in [3.05, 3.63) is 50.7 Å². The molecule has 1 aromatic carbocycles. The third kappa shape index (κ3) is 4.95. The Morgan fingerprint density at radius 2 is 2.00 bits per heavy atom. The average Bonchev–Trinajstić information content (AvgIpc) is 3.30. The predicted octanol–water partition coefficient (Wildman–Crippen LogP) is 3.53. The number of fused-ring (bicyclic) bond motifs is 1. The second-order valence-electron chi connectivity index (χ2n) is 7.66. The Labute approximate surface area is 184 Å². The van der Waals surface area contributed by atoms with Crippen LogP contribution < -0.4 is 10.6 Å². The van der Waals surface area contributed by atoms with Crippen LogP contribution in [0.4, 0.5) is 10.5 Å². The van der Waals surface area contributed by atoms with Crippen molar-refractivity contribution in [3.8, 4) is 0 Å². The maximum atomic E-state index is 12.6. The van der Waals surface area contributed by atoms with Crippen molar-refractivity contribution in [2.24, 2.45) is 0 Å². The minimum atomic E-state index is -1.20. The number of likely N-dealkylation sites (N-methyl/N-ethyl adjacent to an activating group) is 1. The van der Waals surface area contributed by atoms with Gasteiger partial charge >= 0.3 is 6.09 Å². The van der Waals surface area contributed by atoms with Crippen LogP contribution in [0.5, 0.6) is 0 Å².